The zero-order chi connectivity index (χ0) is 25.2. The van der Waals surface area contributed by atoms with Crippen molar-refractivity contribution in [3.63, 3.8) is 0 Å². The molecule has 10 heteroatoms. The number of imidazole rings is 1. The average Bonchev–Trinajstić information content (AvgIpc) is 3.12. The summed E-state index contributed by atoms with van der Waals surface area (Å²) in [5.74, 6) is 1.49. The van der Waals surface area contributed by atoms with Crippen molar-refractivity contribution in [3.05, 3.63) is 83.6 Å². The largest absolute Gasteiger partial charge is 0.457 e. The van der Waals surface area contributed by atoms with Crippen molar-refractivity contribution < 1.29 is 9.53 Å². The number of fused-ring (bicyclic) bond motifs is 1. The zero-order valence-electron chi connectivity index (χ0n) is 20.1. The van der Waals surface area contributed by atoms with Crippen molar-refractivity contribution in [3.8, 4) is 17.2 Å². The number of benzene rings is 2. The molecule has 1 fully saturated rings. The van der Waals surface area contributed by atoms with Gasteiger partial charge < -0.3 is 20.3 Å². The Bertz CT molecular complexity index is 1470. The van der Waals surface area contributed by atoms with Gasteiger partial charge in [-0.05, 0) is 50.5 Å². The van der Waals surface area contributed by atoms with Gasteiger partial charge in [0.05, 0.1) is 11.7 Å². The topological polar surface area (TPSA) is 112 Å². The van der Waals surface area contributed by atoms with Crippen molar-refractivity contribution in [2.45, 2.75) is 6.04 Å². The van der Waals surface area contributed by atoms with E-state index in [1.165, 1.54) is 10.9 Å². The molecule has 2 aromatic heterocycles. The Morgan fingerprint density at radius 3 is 2.47 bits per heavy atom. The third-order valence-corrected chi connectivity index (χ3v) is 6.02. The first kappa shape index (κ1) is 23.3. The maximum atomic E-state index is 13.6. The lowest BCUT2D eigenvalue weighted by Crippen LogP contribution is -2.52. The molecule has 0 radical (unpaired) electrons. The molecule has 3 heterocycles. The van der Waals surface area contributed by atoms with Crippen LogP contribution < -0.4 is 16.2 Å². The second-order valence-electron chi connectivity index (χ2n) is 8.89. The Morgan fingerprint density at radius 2 is 1.78 bits per heavy atom. The second kappa shape index (κ2) is 9.67. The fraction of sp³-hybridized carbons (Fsp3) is 0.231. The van der Waals surface area contributed by atoms with Crippen LogP contribution >= 0.6 is 0 Å². The summed E-state index contributed by atoms with van der Waals surface area (Å²) >= 11 is 0. The van der Waals surface area contributed by atoms with Gasteiger partial charge in [0.1, 0.15) is 23.3 Å². The molecule has 5 rings (SSSR count). The van der Waals surface area contributed by atoms with E-state index in [0.717, 1.165) is 5.75 Å². The first-order chi connectivity index (χ1) is 17.4. The number of nitrogens with zero attached hydrogens (tertiary/aromatic N) is 6. The first-order valence-corrected chi connectivity index (χ1v) is 11.6. The molecule has 10 nitrogen and oxygen atoms in total. The van der Waals surface area contributed by atoms with Crippen LogP contribution in [0.3, 0.4) is 0 Å². The van der Waals surface area contributed by atoms with Gasteiger partial charge in [0, 0.05) is 25.7 Å². The predicted octanol–water partition coefficient (Wildman–Crippen LogP) is 2.46. The number of hydrogen-bond acceptors (Lipinski definition) is 7. The van der Waals surface area contributed by atoms with Gasteiger partial charge in [-0.2, -0.15) is 0 Å². The van der Waals surface area contributed by atoms with Gasteiger partial charge in [-0.3, -0.25) is 13.9 Å². The number of aromatic nitrogens is 4. The molecule has 2 aromatic carbocycles. The number of hydrogen-bond donors (Lipinski definition) is 1. The minimum atomic E-state index is -0.283. The molecule has 36 heavy (non-hydrogen) atoms. The van der Waals surface area contributed by atoms with Crippen molar-refractivity contribution in [1.82, 2.24) is 28.9 Å². The minimum Gasteiger partial charge on any atom is -0.457 e. The quantitative estimate of drug-likeness (QED) is 0.400. The molecule has 0 aliphatic carbocycles. The second-order valence-corrected chi connectivity index (χ2v) is 8.89. The highest BCUT2D eigenvalue weighted by Gasteiger charge is 2.35. The molecular weight excluding hydrogens is 458 g/mol. The first-order valence-electron chi connectivity index (χ1n) is 11.6. The lowest BCUT2D eigenvalue weighted by Gasteiger charge is -2.38. The predicted molar refractivity (Wildman–Crippen MR) is 137 cm³/mol. The fourth-order valence-electron chi connectivity index (χ4n) is 4.19. The highest BCUT2D eigenvalue weighted by Crippen LogP contribution is 2.28. The molecular formula is C26H27N7O3. The van der Waals surface area contributed by atoms with E-state index in [2.05, 4.69) is 9.97 Å². The lowest BCUT2D eigenvalue weighted by molar-refractivity contribution is -0.131. The molecule has 1 amide bonds. The minimum absolute atomic E-state index is 0.0759. The van der Waals surface area contributed by atoms with Crippen LogP contribution in [0.15, 0.2) is 77.9 Å². The van der Waals surface area contributed by atoms with Gasteiger partial charge in [0.2, 0.25) is 5.91 Å². The summed E-state index contributed by atoms with van der Waals surface area (Å²) in [6, 6.07) is 16.4. The Kier molecular flexibility index (Phi) is 6.26. The van der Waals surface area contributed by atoms with E-state index in [1.54, 1.807) is 39.8 Å². The van der Waals surface area contributed by atoms with Crippen LogP contribution in [0.25, 0.3) is 16.9 Å². The van der Waals surface area contributed by atoms with Gasteiger partial charge in [0.25, 0.3) is 0 Å². The van der Waals surface area contributed by atoms with Crippen LogP contribution in [0, 0.1) is 0 Å². The number of carbonyl (C=O) groups is 1. The number of likely N-dealkylation sites (tertiary alicyclic amines) is 1. The Labute approximate surface area is 207 Å². The third kappa shape index (κ3) is 4.46. The smallest absolute Gasteiger partial charge is 0.335 e. The Hall–Kier alpha value is -4.44. The van der Waals surface area contributed by atoms with Crippen LogP contribution in [-0.4, -0.2) is 68.5 Å². The maximum absolute atomic E-state index is 13.6. The number of rotatable bonds is 7. The maximum Gasteiger partial charge on any atom is 0.335 e. The van der Waals surface area contributed by atoms with Gasteiger partial charge in [0.15, 0.2) is 11.5 Å². The third-order valence-electron chi connectivity index (χ3n) is 6.02. The Morgan fingerprint density at radius 1 is 1.08 bits per heavy atom. The summed E-state index contributed by atoms with van der Waals surface area (Å²) in [4.78, 5) is 38.2. The van der Waals surface area contributed by atoms with Gasteiger partial charge in [-0.25, -0.2) is 14.8 Å². The van der Waals surface area contributed by atoms with E-state index in [1.807, 2.05) is 55.4 Å². The van der Waals surface area contributed by atoms with Crippen molar-refractivity contribution in [1.29, 1.82) is 0 Å². The number of para-hydroxylation sites is 1. The van der Waals surface area contributed by atoms with E-state index >= 15 is 0 Å². The normalized spacial score (nSPS) is 14.0. The van der Waals surface area contributed by atoms with Gasteiger partial charge in [-0.1, -0.05) is 24.3 Å². The molecule has 2 N–H and O–H groups in total. The molecule has 1 saturated heterocycles. The lowest BCUT2D eigenvalue weighted by atomic mass is 10.1. The number of anilines is 1. The molecule has 1 aliphatic rings. The highest BCUT2D eigenvalue weighted by atomic mass is 16.5. The van der Waals surface area contributed by atoms with Crippen LogP contribution in [0.2, 0.25) is 0 Å². The molecule has 0 saturated carbocycles. The summed E-state index contributed by atoms with van der Waals surface area (Å²) in [5, 5.41) is 0. The molecule has 184 valence electrons. The number of ether oxygens (including phenoxy) is 1. The number of carbonyl (C=O) groups excluding carboxylic acids is 1. The molecule has 0 bridgehead atoms. The number of nitrogens with two attached hydrogens (primary N) is 1. The monoisotopic (exact) mass is 485 g/mol. The molecule has 1 aliphatic heterocycles. The van der Waals surface area contributed by atoms with Crippen molar-refractivity contribution in [2.75, 3.05) is 39.5 Å². The summed E-state index contributed by atoms with van der Waals surface area (Å²) in [6.07, 6.45) is 4.74. The zero-order valence-corrected chi connectivity index (χ0v) is 20.1. The summed E-state index contributed by atoms with van der Waals surface area (Å²) in [7, 11) is 3.88. The summed E-state index contributed by atoms with van der Waals surface area (Å²) in [5.41, 5.74) is 7.41. The fourth-order valence-corrected chi connectivity index (χ4v) is 4.19. The van der Waals surface area contributed by atoms with E-state index in [-0.39, 0.29) is 23.5 Å². The van der Waals surface area contributed by atoms with E-state index in [9.17, 15) is 9.59 Å². The van der Waals surface area contributed by atoms with Gasteiger partial charge in [-0.15, -0.1) is 0 Å². The Balaban J connectivity index is 1.43. The van der Waals surface area contributed by atoms with Gasteiger partial charge >= 0.3 is 5.69 Å². The average molecular weight is 486 g/mol. The molecule has 4 aromatic rings. The molecule has 0 spiro atoms. The van der Waals surface area contributed by atoms with E-state index < -0.39 is 0 Å². The molecule has 0 unspecified atom stereocenters. The summed E-state index contributed by atoms with van der Waals surface area (Å²) < 4.78 is 8.99. The van der Waals surface area contributed by atoms with E-state index in [4.69, 9.17) is 10.5 Å². The van der Waals surface area contributed by atoms with Crippen LogP contribution in [-0.2, 0) is 4.79 Å². The van der Waals surface area contributed by atoms with Crippen molar-refractivity contribution >= 4 is 22.9 Å². The number of amides is 1. The van der Waals surface area contributed by atoms with E-state index in [0.29, 0.717) is 42.2 Å². The summed E-state index contributed by atoms with van der Waals surface area (Å²) in [6.45, 7) is 1.51. The van der Waals surface area contributed by atoms with Crippen LogP contribution in [0.4, 0.5) is 5.82 Å². The number of likely N-dealkylation sites (N-methyl/N-ethyl adjacent to an activating group) is 1. The van der Waals surface area contributed by atoms with Crippen molar-refractivity contribution in [2.24, 2.45) is 0 Å². The van der Waals surface area contributed by atoms with Crippen LogP contribution in [0.1, 0.15) is 6.04 Å². The highest BCUT2D eigenvalue weighted by molar-refractivity contribution is 5.88. The molecule has 0 atom stereocenters. The SMILES string of the molecule is CN(C)C/C=C/C(=O)N1CC(n2c(=O)n(-c3ccc(Oc4ccccc4)cc3)c3c(N)ncnc32)C1. The van der Waals surface area contributed by atoms with Crippen LogP contribution in [0.5, 0.6) is 11.5 Å². The standard InChI is InChI=1S/C26H27N7O3/c1-30(2)14-6-9-22(34)31-15-19(16-31)33-25-23(24(27)28-17-29-25)32(26(33)35)18-10-12-21(13-11-18)36-20-7-4-3-5-8-20/h3-13,17,19H,14-16H2,1-2H3,(H2,27,28,29)/b9-6+. The number of nitrogen functional groups attached to an aromatic ring is 1.